The third kappa shape index (κ3) is 5.10. The van der Waals surface area contributed by atoms with Crippen LogP contribution in [0.3, 0.4) is 0 Å². The molecule has 0 spiro atoms. The molecule has 1 amide bonds. The average molecular weight is 265 g/mol. The predicted molar refractivity (Wildman–Crippen MR) is 64.0 cm³/mol. The molecular weight excluding hydrogens is 250 g/mol. The number of rotatable bonds is 5. The molecule has 17 heavy (non-hydrogen) atoms. The Labute approximate surface area is 105 Å². The lowest BCUT2D eigenvalue weighted by Gasteiger charge is -2.04. The maximum atomic E-state index is 13.2. The van der Waals surface area contributed by atoms with Crippen LogP contribution < -0.4 is 11.1 Å². The highest BCUT2D eigenvalue weighted by molar-refractivity contribution is 5.85. The van der Waals surface area contributed by atoms with E-state index in [1.807, 2.05) is 0 Å². The molecule has 0 aliphatic heterocycles. The Morgan fingerprint density at radius 3 is 2.71 bits per heavy atom. The molecule has 0 aliphatic rings. The van der Waals surface area contributed by atoms with Gasteiger partial charge in [-0.25, -0.2) is 8.78 Å². The number of amides is 1. The summed E-state index contributed by atoms with van der Waals surface area (Å²) in [7, 11) is 0. The van der Waals surface area contributed by atoms with Gasteiger partial charge in [0, 0.05) is 19.5 Å². The van der Waals surface area contributed by atoms with Crippen LogP contribution in [-0.2, 0) is 11.2 Å². The molecule has 0 unspecified atom stereocenters. The molecule has 0 aromatic heterocycles. The van der Waals surface area contributed by atoms with E-state index in [0.29, 0.717) is 13.1 Å². The molecule has 1 aromatic carbocycles. The van der Waals surface area contributed by atoms with Crippen LogP contribution in [0.5, 0.6) is 0 Å². The number of hydrogen-bond donors (Lipinski definition) is 2. The summed E-state index contributed by atoms with van der Waals surface area (Å²) in [6, 6.07) is 3.94. The van der Waals surface area contributed by atoms with Gasteiger partial charge in [0.15, 0.2) is 11.6 Å². The van der Waals surface area contributed by atoms with E-state index in [-0.39, 0.29) is 36.7 Å². The van der Waals surface area contributed by atoms with Gasteiger partial charge in [-0.3, -0.25) is 4.79 Å². The standard InChI is InChI=1S/C11H14F2N2O.ClH/c12-9-3-1-2-8(11(9)13)4-5-10(16)15-7-6-14;/h1-3H,4-7,14H2,(H,15,16);1H. The van der Waals surface area contributed by atoms with Crippen LogP contribution in [0.1, 0.15) is 12.0 Å². The lowest BCUT2D eigenvalue weighted by Crippen LogP contribution is -2.29. The maximum Gasteiger partial charge on any atom is 0.220 e. The molecule has 96 valence electrons. The third-order valence-electron chi connectivity index (χ3n) is 2.12. The first-order valence-electron chi connectivity index (χ1n) is 5.05. The normalized spacial score (nSPS) is 9.59. The van der Waals surface area contributed by atoms with Crippen LogP contribution in [0, 0.1) is 11.6 Å². The van der Waals surface area contributed by atoms with Gasteiger partial charge in [-0.15, -0.1) is 12.4 Å². The van der Waals surface area contributed by atoms with E-state index in [9.17, 15) is 13.6 Å². The second-order valence-electron chi connectivity index (χ2n) is 3.35. The van der Waals surface area contributed by atoms with Gasteiger partial charge in [0.2, 0.25) is 5.91 Å². The number of carbonyl (C=O) groups is 1. The van der Waals surface area contributed by atoms with Crippen molar-refractivity contribution in [1.29, 1.82) is 0 Å². The van der Waals surface area contributed by atoms with Crippen molar-refractivity contribution in [3.63, 3.8) is 0 Å². The Bertz CT molecular complexity index is 374. The van der Waals surface area contributed by atoms with E-state index in [1.165, 1.54) is 12.1 Å². The first kappa shape index (κ1) is 15.8. The van der Waals surface area contributed by atoms with E-state index in [1.54, 1.807) is 0 Å². The topological polar surface area (TPSA) is 55.1 Å². The molecule has 0 saturated carbocycles. The van der Waals surface area contributed by atoms with Crippen molar-refractivity contribution in [1.82, 2.24) is 5.32 Å². The minimum absolute atomic E-state index is 0. The number of halogens is 3. The predicted octanol–water partition coefficient (Wildman–Crippen LogP) is 1.39. The summed E-state index contributed by atoms with van der Waals surface area (Å²) in [5.74, 6) is -1.98. The lowest BCUT2D eigenvalue weighted by molar-refractivity contribution is -0.121. The first-order valence-corrected chi connectivity index (χ1v) is 5.05. The number of carbonyl (C=O) groups excluding carboxylic acids is 1. The van der Waals surface area contributed by atoms with Gasteiger partial charge in [0.1, 0.15) is 0 Å². The summed E-state index contributed by atoms with van der Waals surface area (Å²) in [5.41, 5.74) is 5.41. The molecule has 0 atom stereocenters. The Balaban J connectivity index is 0.00000256. The molecule has 6 heteroatoms. The fourth-order valence-corrected chi connectivity index (χ4v) is 1.29. The average Bonchev–Trinajstić information content (AvgIpc) is 2.28. The largest absolute Gasteiger partial charge is 0.355 e. The fraction of sp³-hybridized carbons (Fsp3) is 0.364. The molecule has 0 fully saturated rings. The van der Waals surface area contributed by atoms with Gasteiger partial charge < -0.3 is 11.1 Å². The van der Waals surface area contributed by atoms with Crippen molar-refractivity contribution in [3.05, 3.63) is 35.4 Å². The van der Waals surface area contributed by atoms with Crippen LogP contribution >= 0.6 is 12.4 Å². The fourth-order valence-electron chi connectivity index (χ4n) is 1.29. The van der Waals surface area contributed by atoms with E-state index < -0.39 is 11.6 Å². The summed E-state index contributed by atoms with van der Waals surface area (Å²) in [5, 5.41) is 2.56. The molecule has 3 nitrogen and oxygen atoms in total. The smallest absolute Gasteiger partial charge is 0.220 e. The summed E-state index contributed by atoms with van der Waals surface area (Å²) in [6.45, 7) is 0.754. The Hall–Kier alpha value is -1.20. The van der Waals surface area contributed by atoms with Crippen LogP contribution in [0.2, 0.25) is 0 Å². The summed E-state index contributed by atoms with van der Waals surface area (Å²) in [4.78, 5) is 11.2. The Morgan fingerprint density at radius 2 is 2.06 bits per heavy atom. The minimum atomic E-state index is -0.889. The number of aryl methyl sites for hydroxylation is 1. The van der Waals surface area contributed by atoms with E-state index in [0.717, 1.165) is 6.07 Å². The quantitative estimate of drug-likeness (QED) is 0.845. The van der Waals surface area contributed by atoms with E-state index >= 15 is 0 Å². The molecule has 1 aromatic rings. The lowest BCUT2D eigenvalue weighted by atomic mass is 10.1. The first-order chi connectivity index (χ1) is 7.65. The minimum Gasteiger partial charge on any atom is -0.355 e. The zero-order chi connectivity index (χ0) is 12.0. The van der Waals surface area contributed by atoms with Gasteiger partial charge in [-0.2, -0.15) is 0 Å². The molecular formula is C11H15ClF2N2O. The molecule has 1 rings (SSSR count). The van der Waals surface area contributed by atoms with Crippen molar-refractivity contribution in [2.45, 2.75) is 12.8 Å². The number of nitrogens with two attached hydrogens (primary N) is 1. The van der Waals surface area contributed by atoms with E-state index in [2.05, 4.69) is 5.32 Å². The zero-order valence-corrected chi connectivity index (χ0v) is 10.0. The highest BCUT2D eigenvalue weighted by atomic mass is 35.5. The number of benzene rings is 1. The summed E-state index contributed by atoms with van der Waals surface area (Å²) in [6.07, 6.45) is 0.306. The maximum absolute atomic E-state index is 13.2. The summed E-state index contributed by atoms with van der Waals surface area (Å²) >= 11 is 0. The van der Waals surface area contributed by atoms with Crippen molar-refractivity contribution in [3.8, 4) is 0 Å². The van der Waals surface area contributed by atoms with Crippen LogP contribution in [0.25, 0.3) is 0 Å². The zero-order valence-electron chi connectivity index (χ0n) is 9.21. The van der Waals surface area contributed by atoms with Gasteiger partial charge in [-0.05, 0) is 18.1 Å². The van der Waals surface area contributed by atoms with E-state index in [4.69, 9.17) is 5.73 Å². The van der Waals surface area contributed by atoms with Gasteiger partial charge >= 0.3 is 0 Å². The number of hydrogen-bond acceptors (Lipinski definition) is 2. The van der Waals surface area contributed by atoms with Gasteiger partial charge in [-0.1, -0.05) is 12.1 Å². The molecule has 0 heterocycles. The van der Waals surface area contributed by atoms with Crippen LogP contribution in [0.15, 0.2) is 18.2 Å². The Kier molecular flexibility index (Phi) is 7.41. The molecule has 0 aliphatic carbocycles. The van der Waals surface area contributed by atoms with Crippen molar-refractivity contribution in [2.24, 2.45) is 5.73 Å². The molecule has 0 saturated heterocycles. The highest BCUT2D eigenvalue weighted by Crippen LogP contribution is 2.12. The monoisotopic (exact) mass is 264 g/mol. The molecule has 0 radical (unpaired) electrons. The second-order valence-corrected chi connectivity index (χ2v) is 3.35. The van der Waals surface area contributed by atoms with Gasteiger partial charge in [0.05, 0.1) is 0 Å². The molecule has 3 N–H and O–H groups in total. The second kappa shape index (κ2) is 7.97. The van der Waals surface area contributed by atoms with Crippen molar-refractivity contribution in [2.75, 3.05) is 13.1 Å². The van der Waals surface area contributed by atoms with Crippen molar-refractivity contribution < 1.29 is 13.6 Å². The Morgan fingerprint density at radius 1 is 1.35 bits per heavy atom. The van der Waals surface area contributed by atoms with Crippen molar-refractivity contribution >= 4 is 18.3 Å². The van der Waals surface area contributed by atoms with Gasteiger partial charge in [0.25, 0.3) is 0 Å². The molecule has 0 bridgehead atoms. The highest BCUT2D eigenvalue weighted by Gasteiger charge is 2.09. The number of nitrogens with one attached hydrogen (secondary N) is 1. The SMILES string of the molecule is Cl.NCCNC(=O)CCc1cccc(F)c1F. The van der Waals surface area contributed by atoms with Crippen LogP contribution in [0.4, 0.5) is 8.78 Å². The third-order valence-corrected chi connectivity index (χ3v) is 2.12. The van der Waals surface area contributed by atoms with Crippen LogP contribution in [-0.4, -0.2) is 19.0 Å². The summed E-state index contributed by atoms with van der Waals surface area (Å²) < 4.78 is 26.0.